The van der Waals surface area contributed by atoms with Gasteiger partial charge in [-0.3, -0.25) is 0 Å². The van der Waals surface area contributed by atoms with Gasteiger partial charge in [0, 0.05) is 18.2 Å². The van der Waals surface area contributed by atoms with E-state index in [0.717, 1.165) is 25.1 Å². The molecule has 1 saturated carbocycles. The van der Waals surface area contributed by atoms with E-state index in [0.29, 0.717) is 12.5 Å². The highest BCUT2D eigenvalue weighted by Crippen LogP contribution is 2.35. The van der Waals surface area contributed by atoms with Crippen molar-refractivity contribution in [2.45, 2.75) is 38.1 Å². The number of hydrogen-bond acceptors (Lipinski definition) is 3. The van der Waals surface area contributed by atoms with Gasteiger partial charge < -0.3 is 10.2 Å². The lowest BCUT2D eigenvalue weighted by atomic mass is 9.75. The van der Waals surface area contributed by atoms with Gasteiger partial charge in [-0.25, -0.2) is 13.8 Å². The summed E-state index contributed by atoms with van der Waals surface area (Å²) < 4.78 is 26.5. The van der Waals surface area contributed by atoms with Crippen LogP contribution in [0.1, 0.15) is 32.6 Å². The number of likely N-dealkylation sites (N-methyl/N-ethyl adjacent to an activating group) is 1. The Morgan fingerprint density at radius 1 is 1.45 bits per heavy atom. The molecule has 0 saturated heterocycles. The average Bonchev–Trinajstić information content (AvgIpc) is 2.37. The molecule has 1 aliphatic carbocycles. The molecule has 0 bridgehead atoms. The van der Waals surface area contributed by atoms with Crippen LogP contribution in [0.2, 0.25) is 0 Å². The fourth-order valence-electron chi connectivity index (χ4n) is 3.15. The van der Waals surface area contributed by atoms with Crippen molar-refractivity contribution in [3.05, 3.63) is 23.9 Å². The second-order valence-electron chi connectivity index (χ2n) is 6.16. The van der Waals surface area contributed by atoms with Crippen molar-refractivity contribution in [3.8, 4) is 0 Å². The van der Waals surface area contributed by atoms with Gasteiger partial charge in [0.15, 0.2) is 11.6 Å². The molecule has 2 rings (SSSR count). The summed E-state index contributed by atoms with van der Waals surface area (Å²) in [5.74, 6) is -0.491. The monoisotopic (exact) mass is 283 g/mol. The molecule has 1 aromatic rings. The topological polar surface area (TPSA) is 28.2 Å². The van der Waals surface area contributed by atoms with Gasteiger partial charge in [0.1, 0.15) is 5.82 Å². The maximum absolute atomic E-state index is 13.6. The molecular formula is C15H23F2N3. The van der Waals surface area contributed by atoms with Gasteiger partial charge in [0.2, 0.25) is 0 Å². The zero-order valence-electron chi connectivity index (χ0n) is 12.4. The smallest absolute Gasteiger partial charge is 0.168 e. The van der Waals surface area contributed by atoms with Crippen molar-refractivity contribution in [2.75, 3.05) is 26.0 Å². The van der Waals surface area contributed by atoms with Crippen LogP contribution in [-0.2, 0) is 0 Å². The van der Waals surface area contributed by atoms with E-state index < -0.39 is 11.6 Å². The number of anilines is 1. The Balaban J connectivity index is 2.09. The number of nitrogens with zero attached hydrogens (tertiary/aromatic N) is 2. The number of halogens is 2. The molecule has 1 aliphatic rings. The highest BCUT2D eigenvalue weighted by atomic mass is 19.1. The summed E-state index contributed by atoms with van der Waals surface area (Å²) >= 11 is 0. The van der Waals surface area contributed by atoms with Crippen molar-refractivity contribution < 1.29 is 8.78 Å². The number of rotatable bonds is 4. The molecule has 1 aromatic heterocycles. The number of aromatic nitrogens is 1. The van der Waals surface area contributed by atoms with Crippen molar-refractivity contribution in [1.29, 1.82) is 0 Å². The van der Waals surface area contributed by atoms with E-state index in [9.17, 15) is 8.78 Å². The summed E-state index contributed by atoms with van der Waals surface area (Å²) in [6.07, 6.45) is 5.63. The first-order valence-corrected chi connectivity index (χ1v) is 7.15. The number of pyridine rings is 1. The van der Waals surface area contributed by atoms with E-state index in [4.69, 9.17) is 0 Å². The second-order valence-corrected chi connectivity index (χ2v) is 6.16. The SMILES string of the molecule is CC1CCCC(CNc2ncc(F)cc2F)(N(C)C)C1. The zero-order chi connectivity index (χ0) is 14.8. The minimum absolute atomic E-state index is 0.0141. The summed E-state index contributed by atoms with van der Waals surface area (Å²) in [7, 11) is 4.13. The van der Waals surface area contributed by atoms with Crippen LogP contribution >= 0.6 is 0 Å². The van der Waals surface area contributed by atoms with Gasteiger partial charge in [-0.15, -0.1) is 0 Å². The number of hydrogen-bond donors (Lipinski definition) is 1. The quantitative estimate of drug-likeness (QED) is 0.919. The van der Waals surface area contributed by atoms with Crippen LogP contribution in [0.5, 0.6) is 0 Å². The van der Waals surface area contributed by atoms with Crippen LogP contribution in [0.25, 0.3) is 0 Å². The molecule has 2 unspecified atom stereocenters. The molecule has 5 heteroatoms. The standard InChI is InChI=1S/C15H23F2N3/c1-11-5-4-6-15(8-11,20(2)3)10-19-14-13(17)7-12(16)9-18-14/h7,9,11H,4-6,8,10H2,1-3H3,(H,18,19). The van der Waals surface area contributed by atoms with Crippen LogP contribution in [0.4, 0.5) is 14.6 Å². The molecule has 0 aromatic carbocycles. The van der Waals surface area contributed by atoms with Gasteiger partial charge in [0.25, 0.3) is 0 Å². The van der Waals surface area contributed by atoms with Crippen LogP contribution in [0.15, 0.2) is 12.3 Å². The third kappa shape index (κ3) is 3.26. The van der Waals surface area contributed by atoms with Gasteiger partial charge in [-0.05, 0) is 32.9 Å². The maximum Gasteiger partial charge on any atom is 0.168 e. The minimum Gasteiger partial charge on any atom is -0.366 e. The Morgan fingerprint density at radius 2 is 2.20 bits per heavy atom. The molecule has 0 aliphatic heterocycles. The summed E-state index contributed by atoms with van der Waals surface area (Å²) in [6.45, 7) is 2.88. The molecule has 1 N–H and O–H groups in total. The van der Waals surface area contributed by atoms with E-state index in [1.807, 2.05) is 0 Å². The first kappa shape index (κ1) is 15.2. The third-order valence-corrected chi connectivity index (χ3v) is 4.41. The third-order valence-electron chi connectivity index (χ3n) is 4.41. The molecule has 0 radical (unpaired) electrons. The molecule has 20 heavy (non-hydrogen) atoms. The molecule has 0 amide bonds. The van der Waals surface area contributed by atoms with Crippen LogP contribution in [0, 0.1) is 17.6 Å². The average molecular weight is 283 g/mol. The van der Waals surface area contributed by atoms with E-state index in [2.05, 4.69) is 36.2 Å². The lowest BCUT2D eigenvalue weighted by Crippen LogP contribution is -2.52. The summed E-state index contributed by atoms with van der Waals surface area (Å²) in [6, 6.07) is 0.862. The molecular weight excluding hydrogens is 260 g/mol. The van der Waals surface area contributed by atoms with Crippen LogP contribution in [0.3, 0.4) is 0 Å². The van der Waals surface area contributed by atoms with Gasteiger partial charge in [-0.2, -0.15) is 0 Å². The molecule has 2 atom stereocenters. The summed E-state index contributed by atoms with van der Waals surface area (Å²) in [5.41, 5.74) is 0.0141. The second kappa shape index (κ2) is 6.04. The minimum atomic E-state index is -0.651. The molecule has 1 fully saturated rings. The highest BCUT2D eigenvalue weighted by Gasteiger charge is 2.36. The van der Waals surface area contributed by atoms with Crippen molar-refractivity contribution in [3.63, 3.8) is 0 Å². The van der Waals surface area contributed by atoms with Gasteiger partial charge in [-0.1, -0.05) is 19.8 Å². The van der Waals surface area contributed by atoms with E-state index in [1.165, 1.54) is 12.8 Å². The van der Waals surface area contributed by atoms with Crippen molar-refractivity contribution in [1.82, 2.24) is 9.88 Å². The Morgan fingerprint density at radius 3 is 2.80 bits per heavy atom. The van der Waals surface area contributed by atoms with E-state index in [1.54, 1.807) is 0 Å². The molecule has 112 valence electrons. The van der Waals surface area contributed by atoms with E-state index >= 15 is 0 Å². The van der Waals surface area contributed by atoms with Crippen molar-refractivity contribution in [2.24, 2.45) is 5.92 Å². The lowest BCUT2D eigenvalue weighted by molar-refractivity contribution is 0.0881. The Labute approximate surface area is 119 Å². The lowest BCUT2D eigenvalue weighted by Gasteiger charge is -2.45. The van der Waals surface area contributed by atoms with Crippen LogP contribution < -0.4 is 5.32 Å². The fraction of sp³-hybridized carbons (Fsp3) is 0.667. The predicted octanol–water partition coefficient (Wildman–Crippen LogP) is 3.28. The Bertz CT molecular complexity index is 464. The highest BCUT2D eigenvalue weighted by molar-refractivity contribution is 5.36. The number of nitrogens with one attached hydrogen (secondary N) is 1. The van der Waals surface area contributed by atoms with Crippen molar-refractivity contribution >= 4 is 5.82 Å². The van der Waals surface area contributed by atoms with Crippen LogP contribution in [-0.4, -0.2) is 36.1 Å². The van der Waals surface area contributed by atoms with Gasteiger partial charge >= 0.3 is 0 Å². The first-order chi connectivity index (χ1) is 9.43. The van der Waals surface area contributed by atoms with E-state index in [-0.39, 0.29) is 11.4 Å². The normalized spacial score (nSPS) is 26.8. The Hall–Kier alpha value is -1.23. The predicted molar refractivity (Wildman–Crippen MR) is 76.7 cm³/mol. The first-order valence-electron chi connectivity index (χ1n) is 7.15. The molecule has 1 heterocycles. The van der Waals surface area contributed by atoms with Gasteiger partial charge in [0.05, 0.1) is 6.20 Å². The maximum atomic E-state index is 13.6. The molecule has 3 nitrogen and oxygen atoms in total. The molecule has 0 spiro atoms. The Kier molecular flexibility index (Phi) is 4.58. The summed E-state index contributed by atoms with van der Waals surface area (Å²) in [4.78, 5) is 6.01. The summed E-state index contributed by atoms with van der Waals surface area (Å²) in [5, 5.41) is 3.06. The largest absolute Gasteiger partial charge is 0.366 e. The zero-order valence-corrected chi connectivity index (χ0v) is 12.4. The fourth-order valence-corrected chi connectivity index (χ4v) is 3.15.